The van der Waals surface area contributed by atoms with E-state index in [1.807, 2.05) is 26.0 Å². The van der Waals surface area contributed by atoms with Crippen LogP contribution < -0.4 is 4.74 Å². The number of hydrogen-bond donors (Lipinski definition) is 1. The molecule has 7 nitrogen and oxygen atoms in total. The van der Waals surface area contributed by atoms with Crippen LogP contribution in [0.5, 0.6) is 5.75 Å². The van der Waals surface area contributed by atoms with Crippen molar-refractivity contribution < 1.29 is 24.2 Å². The lowest BCUT2D eigenvalue weighted by molar-refractivity contribution is -0.143. The van der Waals surface area contributed by atoms with E-state index in [4.69, 9.17) is 21.1 Å². The van der Waals surface area contributed by atoms with E-state index < -0.39 is 5.97 Å². The maximum atomic E-state index is 12.1. The third kappa shape index (κ3) is 6.13. The zero-order valence-electron chi connectivity index (χ0n) is 18.6. The third-order valence-corrected chi connectivity index (χ3v) is 6.87. The number of halogens is 1. The monoisotopic (exact) mass is 480 g/mol. The predicted molar refractivity (Wildman–Crippen MR) is 124 cm³/mol. The highest BCUT2D eigenvalue weighted by Gasteiger charge is 2.28. The van der Waals surface area contributed by atoms with Gasteiger partial charge >= 0.3 is 12.1 Å². The molecule has 1 saturated carbocycles. The molecular weight excluding hydrogens is 452 g/mol. The molecule has 1 amide bonds. The van der Waals surface area contributed by atoms with Crippen molar-refractivity contribution in [1.29, 1.82) is 0 Å². The van der Waals surface area contributed by atoms with Crippen molar-refractivity contribution in [3.05, 3.63) is 33.8 Å². The molecule has 1 aliphatic rings. The van der Waals surface area contributed by atoms with Gasteiger partial charge in [0.2, 0.25) is 0 Å². The molecule has 0 aliphatic heterocycles. The predicted octanol–water partition coefficient (Wildman–Crippen LogP) is 5.77. The number of carbonyl (C=O) groups excluding carboxylic acids is 1. The number of ether oxygens (including phenoxy) is 2. The molecule has 174 valence electrons. The van der Waals surface area contributed by atoms with E-state index in [-0.39, 0.29) is 24.7 Å². The maximum absolute atomic E-state index is 12.1. The van der Waals surface area contributed by atoms with Gasteiger partial charge in [0.15, 0.2) is 0 Å². The summed E-state index contributed by atoms with van der Waals surface area (Å²) >= 11 is 7.63. The standard InChI is InChI=1S/C23H29ClN2O5S/c1-4-10-26(3)23(29)30-13-16-12-20(24)32-21(16)18-8-9-19(14(2)25-18)31-17-7-5-6-15(11-17)22(27)28/h8-9,12,15,17H,4-7,10-11,13H2,1-3H3,(H,27,28). The minimum Gasteiger partial charge on any atom is -0.489 e. The van der Waals surface area contributed by atoms with Crippen LogP contribution in [0.2, 0.25) is 4.34 Å². The zero-order valence-corrected chi connectivity index (χ0v) is 20.2. The second-order valence-corrected chi connectivity index (χ2v) is 9.79. The van der Waals surface area contributed by atoms with E-state index in [9.17, 15) is 14.7 Å². The van der Waals surface area contributed by atoms with E-state index >= 15 is 0 Å². The molecule has 0 radical (unpaired) electrons. The molecule has 1 aliphatic carbocycles. The van der Waals surface area contributed by atoms with Crippen LogP contribution in [0.1, 0.15) is 50.3 Å². The topological polar surface area (TPSA) is 89.0 Å². The summed E-state index contributed by atoms with van der Waals surface area (Å²) in [5, 5.41) is 9.29. The van der Waals surface area contributed by atoms with Crippen LogP contribution in [-0.2, 0) is 16.1 Å². The van der Waals surface area contributed by atoms with Crippen LogP contribution in [0.25, 0.3) is 10.6 Å². The number of hydrogen-bond acceptors (Lipinski definition) is 6. The van der Waals surface area contributed by atoms with Crippen LogP contribution >= 0.6 is 22.9 Å². The summed E-state index contributed by atoms with van der Waals surface area (Å²) in [6.07, 6.45) is 3.26. The summed E-state index contributed by atoms with van der Waals surface area (Å²) in [5.74, 6) is -0.454. The van der Waals surface area contributed by atoms with E-state index in [2.05, 4.69) is 4.98 Å². The first-order valence-electron chi connectivity index (χ1n) is 10.8. The van der Waals surface area contributed by atoms with Crippen molar-refractivity contribution in [3.8, 4) is 16.3 Å². The molecule has 2 aromatic rings. The Morgan fingerprint density at radius 2 is 2.12 bits per heavy atom. The molecule has 1 fully saturated rings. The molecule has 9 heteroatoms. The number of aliphatic carboxylic acids is 1. The molecule has 2 unspecified atom stereocenters. The number of pyridine rings is 1. The summed E-state index contributed by atoms with van der Waals surface area (Å²) < 4.78 is 12.1. The van der Waals surface area contributed by atoms with Crippen molar-refractivity contribution in [2.24, 2.45) is 5.92 Å². The molecule has 2 aromatic heterocycles. The Balaban J connectivity index is 1.71. The van der Waals surface area contributed by atoms with Gasteiger partial charge in [0.05, 0.1) is 32.6 Å². The van der Waals surface area contributed by atoms with Crippen molar-refractivity contribution in [2.45, 2.75) is 58.7 Å². The number of carboxylic acid groups (broad SMARTS) is 1. The minimum absolute atomic E-state index is 0.114. The Morgan fingerprint density at radius 1 is 1.34 bits per heavy atom. The van der Waals surface area contributed by atoms with Crippen molar-refractivity contribution >= 4 is 35.0 Å². The SMILES string of the molecule is CCCN(C)C(=O)OCc1cc(Cl)sc1-c1ccc(OC2CCCC(C(=O)O)C2)c(C)n1. The van der Waals surface area contributed by atoms with Gasteiger partial charge in [-0.25, -0.2) is 9.78 Å². The lowest BCUT2D eigenvalue weighted by atomic mass is 9.87. The Labute approximate surface area is 197 Å². The molecular formula is C23H29ClN2O5S. The number of nitrogens with zero attached hydrogens (tertiary/aromatic N) is 2. The molecule has 2 heterocycles. The number of carboxylic acids is 1. The first-order valence-corrected chi connectivity index (χ1v) is 12.0. The summed E-state index contributed by atoms with van der Waals surface area (Å²) in [7, 11) is 1.71. The van der Waals surface area contributed by atoms with Crippen molar-refractivity contribution in [3.63, 3.8) is 0 Å². The number of amides is 1. The van der Waals surface area contributed by atoms with Gasteiger partial charge in [-0.3, -0.25) is 4.79 Å². The van der Waals surface area contributed by atoms with Crippen LogP contribution in [0.15, 0.2) is 18.2 Å². The highest BCUT2D eigenvalue weighted by molar-refractivity contribution is 7.19. The molecule has 2 atom stereocenters. The van der Waals surface area contributed by atoms with Gasteiger partial charge in [0.1, 0.15) is 12.4 Å². The maximum Gasteiger partial charge on any atom is 0.409 e. The molecule has 0 saturated heterocycles. The van der Waals surface area contributed by atoms with E-state index in [1.165, 1.54) is 11.3 Å². The smallest absolute Gasteiger partial charge is 0.409 e. The summed E-state index contributed by atoms with van der Waals surface area (Å²) in [6.45, 7) is 4.61. The highest BCUT2D eigenvalue weighted by atomic mass is 35.5. The lowest BCUT2D eigenvalue weighted by Gasteiger charge is -2.27. The van der Waals surface area contributed by atoms with Gasteiger partial charge in [-0.2, -0.15) is 0 Å². The fourth-order valence-corrected chi connectivity index (χ4v) is 5.08. The summed E-state index contributed by atoms with van der Waals surface area (Å²) in [4.78, 5) is 30.5. The largest absolute Gasteiger partial charge is 0.489 e. The quantitative estimate of drug-likeness (QED) is 0.515. The van der Waals surface area contributed by atoms with Gasteiger partial charge in [-0.05, 0) is 57.2 Å². The van der Waals surface area contributed by atoms with Crippen molar-refractivity contribution in [1.82, 2.24) is 9.88 Å². The molecule has 3 rings (SSSR count). The summed E-state index contributed by atoms with van der Waals surface area (Å²) in [6, 6.07) is 5.52. The van der Waals surface area contributed by atoms with E-state index in [0.29, 0.717) is 29.5 Å². The first-order chi connectivity index (χ1) is 15.3. The molecule has 32 heavy (non-hydrogen) atoms. The van der Waals surface area contributed by atoms with Crippen LogP contribution in [0, 0.1) is 12.8 Å². The van der Waals surface area contributed by atoms with Gasteiger partial charge in [-0.1, -0.05) is 18.5 Å². The van der Waals surface area contributed by atoms with Gasteiger partial charge in [0.25, 0.3) is 0 Å². The van der Waals surface area contributed by atoms with Crippen LogP contribution in [0.3, 0.4) is 0 Å². The van der Waals surface area contributed by atoms with E-state index in [1.54, 1.807) is 18.0 Å². The number of aromatic nitrogens is 1. The Morgan fingerprint density at radius 3 is 2.81 bits per heavy atom. The lowest BCUT2D eigenvalue weighted by Crippen LogP contribution is -2.29. The Bertz CT molecular complexity index is 964. The third-order valence-electron chi connectivity index (χ3n) is 5.54. The normalized spacial score (nSPS) is 18.2. The molecule has 0 spiro atoms. The fourth-order valence-electron chi connectivity index (χ4n) is 3.85. The van der Waals surface area contributed by atoms with Crippen LogP contribution in [-0.4, -0.2) is 46.7 Å². The summed E-state index contributed by atoms with van der Waals surface area (Å²) in [5.41, 5.74) is 2.25. The second-order valence-electron chi connectivity index (χ2n) is 8.10. The average molecular weight is 481 g/mol. The van der Waals surface area contributed by atoms with Gasteiger partial charge < -0.3 is 19.5 Å². The highest BCUT2D eigenvalue weighted by Crippen LogP contribution is 2.37. The number of carbonyl (C=O) groups is 2. The number of thiophene rings is 1. The fraction of sp³-hybridized carbons (Fsp3) is 0.522. The van der Waals surface area contributed by atoms with Gasteiger partial charge in [-0.15, -0.1) is 11.3 Å². The Kier molecular flexibility index (Phi) is 8.37. The molecule has 0 aromatic carbocycles. The molecule has 0 bridgehead atoms. The van der Waals surface area contributed by atoms with Crippen molar-refractivity contribution in [2.75, 3.05) is 13.6 Å². The average Bonchev–Trinajstić information content (AvgIpc) is 3.14. The zero-order chi connectivity index (χ0) is 23.3. The molecule has 1 N–H and O–H groups in total. The minimum atomic E-state index is -0.757. The second kappa shape index (κ2) is 11.0. The number of rotatable bonds is 8. The van der Waals surface area contributed by atoms with Gasteiger partial charge in [0, 0.05) is 19.2 Å². The first kappa shape index (κ1) is 24.3. The van der Waals surface area contributed by atoms with Crippen LogP contribution in [0.4, 0.5) is 4.79 Å². The number of aryl methyl sites for hydroxylation is 1. The van der Waals surface area contributed by atoms with E-state index in [0.717, 1.165) is 41.1 Å². The Hall–Kier alpha value is -2.32.